The van der Waals surface area contributed by atoms with Crippen LogP contribution in [-0.4, -0.2) is 46.2 Å². The van der Waals surface area contributed by atoms with Crippen molar-refractivity contribution in [2.45, 2.75) is 37.8 Å². The number of aromatic nitrogens is 2. The van der Waals surface area contributed by atoms with Crippen LogP contribution in [0.1, 0.15) is 36.2 Å². The van der Waals surface area contributed by atoms with Crippen molar-refractivity contribution in [2.24, 2.45) is 0 Å². The summed E-state index contributed by atoms with van der Waals surface area (Å²) in [5.41, 5.74) is 0.606. The van der Waals surface area contributed by atoms with Crippen LogP contribution in [0.5, 0.6) is 0 Å². The summed E-state index contributed by atoms with van der Waals surface area (Å²) in [6.07, 6.45) is 6.33. The lowest BCUT2D eigenvalue weighted by Crippen LogP contribution is -2.42. The third-order valence-electron chi connectivity index (χ3n) is 3.56. The molecule has 1 atom stereocenters. The Morgan fingerprint density at radius 2 is 2.35 bits per heavy atom. The van der Waals surface area contributed by atoms with Gasteiger partial charge in [-0.1, -0.05) is 0 Å². The number of amides is 1. The molecule has 5 nitrogen and oxygen atoms in total. The number of nitrogens with one attached hydrogen (secondary N) is 2. The first kappa shape index (κ1) is 10.8. The number of hydrogen-bond acceptors (Lipinski definition) is 3. The largest absolute Gasteiger partial charge is 0.333 e. The van der Waals surface area contributed by atoms with Gasteiger partial charge in [-0.25, -0.2) is 0 Å². The molecule has 2 fully saturated rings. The molecule has 1 aromatic heterocycles. The summed E-state index contributed by atoms with van der Waals surface area (Å²) in [6, 6.07) is 2.68. The quantitative estimate of drug-likeness (QED) is 0.808. The molecule has 1 aliphatic heterocycles. The van der Waals surface area contributed by atoms with E-state index in [4.69, 9.17) is 0 Å². The Morgan fingerprint density at radius 1 is 1.47 bits per heavy atom. The van der Waals surface area contributed by atoms with Crippen LogP contribution in [0.3, 0.4) is 0 Å². The van der Waals surface area contributed by atoms with Crippen molar-refractivity contribution in [3.63, 3.8) is 0 Å². The highest BCUT2D eigenvalue weighted by atomic mass is 16.2. The van der Waals surface area contributed by atoms with Gasteiger partial charge in [0.15, 0.2) is 0 Å². The summed E-state index contributed by atoms with van der Waals surface area (Å²) in [5.74, 6) is 0.0960. The fraction of sp³-hybridized carbons (Fsp3) is 0.667. The van der Waals surface area contributed by atoms with Gasteiger partial charge in [0.25, 0.3) is 5.91 Å². The maximum Gasteiger partial charge on any atom is 0.272 e. The van der Waals surface area contributed by atoms with E-state index in [1.54, 1.807) is 12.3 Å². The average molecular weight is 234 g/mol. The highest BCUT2D eigenvalue weighted by molar-refractivity contribution is 5.92. The van der Waals surface area contributed by atoms with Crippen molar-refractivity contribution >= 4 is 5.91 Å². The van der Waals surface area contributed by atoms with Gasteiger partial charge in [0.1, 0.15) is 5.69 Å². The van der Waals surface area contributed by atoms with E-state index < -0.39 is 0 Å². The van der Waals surface area contributed by atoms with Crippen molar-refractivity contribution in [1.82, 2.24) is 20.4 Å². The van der Waals surface area contributed by atoms with Crippen LogP contribution in [-0.2, 0) is 0 Å². The van der Waals surface area contributed by atoms with Crippen molar-refractivity contribution < 1.29 is 4.79 Å². The number of nitrogens with zero attached hydrogens (tertiary/aromatic N) is 2. The molecule has 3 rings (SSSR count). The molecule has 1 amide bonds. The van der Waals surface area contributed by atoms with Crippen molar-refractivity contribution in [3.8, 4) is 0 Å². The van der Waals surface area contributed by atoms with Crippen LogP contribution in [0.2, 0.25) is 0 Å². The molecule has 0 radical (unpaired) electrons. The molecule has 0 bridgehead atoms. The van der Waals surface area contributed by atoms with Gasteiger partial charge in [-0.2, -0.15) is 5.10 Å². The molecule has 17 heavy (non-hydrogen) atoms. The molecule has 1 saturated heterocycles. The van der Waals surface area contributed by atoms with Crippen LogP contribution in [0, 0.1) is 0 Å². The predicted octanol–water partition coefficient (Wildman–Crippen LogP) is 0.766. The van der Waals surface area contributed by atoms with Crippen LogP contribution in [0.25, 0.3) is 0 Å². The number of rotatable bonds is 4. The van der Waals surface area contributed by atoms with Crippen molar-refractivity contribution in [2.75, 3.05) is 13.1 Å². The maximum absolute atomic E-state index is 12.3. The summed E-state index contributed by atoms with van der Waals surface area (Å²) in [5, 5.41) is 10.1. The zero-order chi connectivity index (χ0) is 11.7. The van der Waals surface area contributed by atoms with Gasteiger partial charge >= 0.3 is 0 Å². The Morgan fingerprint density at radius 3 is 2.94 bits per heavy atom. The van der Waals surface area contributed by atoms with Gasteiger partial charge in [-0.3, -0.25) is 9.89 Å². The van der Waals surface area contributed by atoms with Gasteiger partial charge < -0.3 is 10.2 Å². The predicted molar refractivity (Wildman–Crippen MR) is 63.7 cm³/mol. The van der Waals surface area contributed by atoms with Crippen molar-refractivity contribution in [3.05, 3.63) is 18.0 Å². The Kier molecular flexibility index (Phi) is 2.84. The molecule has 2 heterocycles. The van der Waals surface area contributed by atoms with E-state index in [1.807, 2.05) is 4.90 Å². The van der Waals surface area contributed by atoms with Crippen molar-refractivity contribution in [1.29, 1.82) is 0 Å². The van der Waals surface area contributed by atoms with Gasteiger partial charge in [-0.05, 0) is 38.3 Å². The highest BCUT2D eigenvalue weighted by Gasteiger charge is 2.35. The zero-order valence-electron chi connectivity index (χ0n) is 9.85. The van der Waals surface area contributed by atoms with E-state index in [0.717, 1.165) is 25.9 Å². The van der Waals surface area contributed by atoms with E-state index >= 15 is 0 Å². The minimum atomic E-state index is 0.0960. The molecule has 2 N–H and O–H groups in total. The zero-order valence-corrected chi connectivity index (χ0v) is 9.85. The summed E-state index contributed by atoms with van der Waals surface area (Å²) in [4.78, 5) is 14.3. The third kappa shape index (κ3) is 2.34. The first-order valence-electron chi connectivity index (χ1n) is 6.38. The lowest BCUT2D eigenvalue weighted by Gasteiger charge is -2.25. The molecule has 1 aliphatic carbocycles. The first-order valence-corrected chi connectivity index (χ1v) is 6.38. The number of H-pyrrole nitrogens is 1. The van der Waals surface area contributed by atoms with Gasteiger partial charge in [0.2, 0.25) is 0 Å². The number of aromatic amines is 1. The second kappa shape index (κ2) is 4.49. The lowest BCUT2D eigenvalue weighted by molar-refractivity contribution is 0.0722. The molecule has 5 heteroatoms. The number of hydrogen-bond donors (Lipinski definition) is 2. The molecule has 1 aromatic rings. The summed E-state index contributed by atoms with van der Waals surface area (Å²) < 4.78 is 0. The second-order valence-electron chi connectivity index (χ2n) is 4.95. The van der Waals surface area contributed by atoms with Gasteiger partial charge in [0.05, 0.1) is 0 Å². The molecule has 0 spiro atoms. The molecule has 92 valence electrons. The molecule has 0 aromatic carbocycles. The second-order valence-corrected chi connectivity index (χ2v) is 4.95. The SMILES string of the molecule is O=C(c1ccn[nH]1)N(CC1CCCN1)C1CC1. The van der Waals surface area contributed by atoms with E-state index in [2.05, 4.69) is 15.5 Å². The van der Waals surface area contributed by atoms with E-state index in [1.165, 1.54) is 12.8 Å². The topological polar surface area (TPSA) is 61.0 Å². The fourth-order valence-corrected chi connectivity index (χ4v) is 2.46. The Bertz CT molecular complexity index is 379. The summed E-state index contributed by atoms with van der Waals surface area (Å²) in [6.45, 7) is 1.92. The molecular formula is C12H18N4O. The van der Waals surface area contributed by atoms with Gasteiger partial charge in [0, 0.05) is 24.8 Å². The number of carbonyl (C=O) groups excluding carboxylic acids is 1. The minimum Gasteiger partial charge on any atom is -0.333 e. The monoisotopic (exact) mass is 234 g/mol. The smallest absolute Gasteiger partial charge is 0.272 e. The minimum absolute atomic E-state index is 0.0960. The fourth-order valence-electron chi connectivity index (χ4n) is 2.46. The molecule has 2 aliphatic rings. The molecule has 1 saturated carbocycles. The van der Waals surface area contributed by atoms with Crippen LogP contribution < -0.4 is 5.32 Å². The number of carbonyl (C=O) groups is 1. The standard InChI is InChI=1S/C12H18N4O/c17-12(11-5-7-14-15-11)16(10-3-4-10)8-9-2-1-6-13-9/h5,7,9-10,13H,1-4,6,8H2,(H,14,15). The first-order chi connectivity index (χ1) is 8.34. The summed E-state index contributed by atoms with van der Waals surface area (Å²) >= 11 is 0. The van der Waals surface area contributed by atoms with Crippen LogP contribution in [0.15, 0.2) is 12.3 Å². The Labute approximate surface area is 101 Å². The van der Waals surface area contributed by atoms with E-state index in [-0.39, 0.29) is 5.91 Å². The molecular weight excluding hydrogens is 216 g/mol. The van der Waals surface area contributed by atoms with Crippen LogP contribution >= 0.6 is 0 Å². The lowest BCUT2D eigenvalue weighted by atomic mass is 10.2. The van der Waals surface area contributed by atoms with Crippen LogP contribution in [0.4, 0.5) is 0 Å². The Balaban J connectivity index is 1.69. The van der Waals surface area contributed by atoms with E-state index in [9.17, 15) is 4.79 Å². The maximum atomic E-state index is 12.3. The average Bonchev–Trinajstić information content (AvgIpc) is 2.86. The normalized spacial score (nSPS) is 23.9. The molecule has 1 unspecified atom stereocenters. The summed E-state index contributed by atoms with van der Waals surface area (Å²) in [7, 11) is 0. The third-order valence-corrected chi connectivity index (χ3v) is 3.56. The van der Waals surface area contributed by atoms with Gasteiger partial charge in [-0.15, -0.1) is 0 Å². The van der Waals surface area contributed by atoms with E-state index in [0.29, 0.717) is 17.8 Å². The Hall–Kier alpha value is -1.36. The highest BCUT2D eigenvalue weighted by Crippen LogP contribution is 2.28.